The van der Waals surface area contributed by atoms with Crippen LogP contribution in [-0.4, -0.2) is 26.2 Å². The number of nitrogens with zero attached hydrogens (tertiary/aromatic N) is 1. The van der Waals surface area contributed by atoms with Gasteiger partial charge in [-0.3, -0.25) is 4.79 Å². The molecule has 4 rings (SSSR count). The van der Waals surface area contributed by atoms with E-state index >= 15 is 0 Å². The summed E-state index contributed by atoms with van der Waals surface area (Å²) < 4.78 is 13.7. The average Bonchev–Trinajstić information content (AvgIpc) is 2.90. The summed E-state index contributed by atoms with van der Waals surface area (Å²) in [5.41, 5.74) is 3.13. The molecular weight excluding hydrogens is 492 g/mol. The molecule has 1 atom stereocenters. The van der Waals surface area contributed by atoms with Crippen LogP contribution < -0.4 is 14.4 Å². The van der Waals surface area contributed by atoms with Crippen molar-refractivity contribution in [2.24, 2.45) is 0 Å². The SMILES string of the molecule is COC(=O)CC(C)N(Cc1cccc(Cl)c1)c1ccc(NSc2ccc(OC)cc2)c2ccccc12. The predicted octanol–water partition coefficient (Wildman–Crippen LogP) is 7.58. The Balaban J connectivity index is 1.68. The van der Waals surface area contributed by atoms with Gasteiger partial charge in [-0.05, 0) is 73.0 Å². The normalized spacial score (nSPS) is 11.7. The van der Waals surface area contributed by atoms with Crippen LogP contribution in [-0.2, 0) is 16.1 Å². The van der Waals surface area contributed by atoms with Crippen molar-refractivity contribution < 1.29 is 14.3 Å². The molecule has 0 aliphatic carbocycles. The Morgan fingerprint density at radius 2 is 1.72 bits per heavy atom. The summed E-state index contributed by atoms with van der Waals surface area (Å²) in [7, 11) is 3.09. The van der Waals surface area contributed by atoms with Gasteiger partial charge in [-0.1, -0.05) is 48.0 Å². The molecule has 7 heteroatoms. The minimum atomic E-state index is -0.239. The number of rotatable bonds is 10. The Labute approximate surface area is 221 Å². The number of benzene rings is 4. The number of carbonyl (C=O) groups excluding carboxylic acids is 1. The van der Waals surface area contributed by atoms with E-state index < -0.39 is 0 Å². The fourth-order valence-electron chi connectivity index (χ4n) is 4.13. The minimum Gasteiger partial charge on any atom is -0.497 e. The summed E-state index contributed by atoms with van der Waals surface area (Å²) in [6.07, 6.45) is 0.277. The van der Waals surface area contributed by atoms with Crippen molar-refractivity contribution in [2.75, 3.05) is 23.8 Å². The van der Waals surface area contributed by atoms with Crippen LogP contribution in [0, 0.1) is 0 Å². The molecule has 36 heavy (non-hydrogen) atoms. The maximum Gasteiger partial charge on any atom is 0.307 e. The van der Waals surface area contributed by atoms with Gasteiger partial charge in [0.25, 0.3) is 0 Å². The molecule has 4 aromatic carbocycles. The lowest BCUT2D eigenvalue weighted by molar-refractivity contribution is -0.140. The number of anilines is 2. The van der Waals surface area contributed by atoms with E-state index in [9.17, 15) is 4.79 Å². The molecule has 0 bridgehead atoms. The van der Waals surface area contributed by atoms with E-state index in [2.05, 4.69) is 33.9 Å². The quantitative estimate of drug-likeness (QED) is 0.172. The van der Waals surface area contributed by atoms with Crippen LogP contribution in [0.25, 0.3) is 10.8 Å². The molecule has 0 aliphatic rings. The average molecular weight is 521 g/mol. The van der Waals surface area contributed by atoms with Gasteiger partial charge in [-0.2, -0.15) is 0 Å². The van der Waals surface area contributed by atoms with E-state index in [1.165, 1.54) is 7.11 Å². The highest BCUT2D eigenvalue weighted by Crippen LogP contribution is 2.36. The van der Waals surface area contributed by atoms with E-state index in [0.717, 1.165) is 38.4 Å². The van der Waals surface area contributed by atoms with Gasteiger partial charge in [-0.25, -0.2) is 0 Å². The third-order valence-corrected chi connectivity index (χ3v) is 7.08. The minimum absolute atomic E-state index is 0.0904. The zero-order valence-electron chi connectivity index (χ0n) is 20.5. The summed E-state index contributed by atoms with van der Waals surface area (Å²) in [4.78, 5) is 15.5. The standard InChI is InChI=1S/C29H29ClN2O3S/c1-20(17-29(33)35-3)32(19-21-7-6-8-22(30)18-21)28-16-15-27(25-9-4-5-10-26(25)28)31-36-24-13-11-23(34-2)12-14-24/h4-16,18,20,31H,17,19H2,1-3H3. The lowest BCUT2D eigenvalue weighted by Crippen LogP contribution is -2.34. The van der Waals surface area contributed by atoms with Crippen LogP contribution in [0.4, 0.5) is 11.4 Å². The van der Waals surface area contributed by atoms with Gasteiger partial charge in [0.05, 0.1) is 26.3 Å². The Morgan fingerprint density at radius 3 is 2.42 bits per heavy atom. The van der Waals surface area contributed by atoms with E-state index in [4.69, 9.17) is 21.1 Å². The zero-order chi connectivity index (χ0) is 25.5. The molecule has 5 nitrogen and oxygen atoms in total. The fourth-order valence-corrected chi connectivity index (χ4v) is 5.02. The Hall–Kier alpha value is -3.35. The van der Waals surface area contributed by atoms with Gasteiger partial charge in [-0.15, -0.1) is 0 Å². The second kappa shape index (κ2) is 12.1. The smallest absolute Gasteiger partial charge is 0.307 e. The fraction of sp³-hybridized carbons (Fsp3) is 0.207. The number of nitrogens with one attached hydrogen (secondary N) is 1. The maximum atomic E-state index is 12.2. The summed E-state index contributed by atoms with van der Waals surface area (Å²) in [6, 6.07) is 28.2. The van der Waals surface area contributed by atoms with Crippen LogP contribution in [0.1, 0.15) is 18.9 Å². The molecule has 0 aromatic heterocycles. The number of halogens is 1. The first kappa shape index (κ1) is 25.7. The van der Waals surface area contributed by atoms with Crippen molar-refractivity contribution in [2.45, 2.75) is 30.8 Å². The molecule has 1 N–H and O–H groups in total. The van der Waals surface area contributed by atoms with Crippen LogP contribution in [0.2, 0.25) is 5.02 Å². The van der Waals surface area contributed by atoms with Gasteiger partial charge < -0.3 is 19.1 Å². The van der Waals surface area contributed by atoms with Crippen molar-refractivity contribution in [3.8, 4) is 5.75 Å². The predicted molar refractivity (Wildman–Crippen MR) is 150 cm³/mol. The highest BCUT2D eigenvalue weighted by Gasteiger charge is 2.21. The first-order valence-corrected chi connectivity index (χ1v) is 12.8. The number of fused-ring (bicyclic) bond motifs is 1. The molecular formula is C29H29ClN2O3S. The van der Waals surface area contributed by atoms with Crippen LogP contribution in [0.15, 0.2) is 89.8 Å². The summed E-state index contributed by atoms with van der Waals surface area (Å²) in [5, 5.41) is 2.88. The van der Waals surface area contributed by atoms with Crippen LogP contribution in [0.3, 0.4) is 0 Å². The number of carbonyl (C=O) groups is 1. The van der Waals surface area contributed by atoms with Gasteiger partial charge >= 0.3 is 5.97 Å². The van der Waals surface area contributed by atoms with Crippen molar-refractivity contribution in [1.29, 1.82) is 0 Å². The highest BCUT2D eigenvalue weighted by atomic mass is 35.5. The largest absolute Gasteiger partial charge is 0.497 e. The topological polar surface area (TPSA) is 50.8 Å². The van der Waals surface area contributed by atoms with Gasteiger partial charge in [0, 0.05) is 39.0 Å². The van der Waals surface area contributed by atoms with Crippen molar-refractivity contribution in [3.63, 3.8) is 0 Å². The second-order valence-corrected chi connectivity index (χ2v) is 9.76. The van der Waals surface area contributed by atoms with Gasteiger partial charge in [0.2, 0.25) is 0 Å². The summed E-state index contributed by atoms with van der Waals surface area (Å²) >= 11 is 7.82. The van der Waals surface area contributed by atoms with E-state index in [-0.39, 0.29) is 18.4 Å². The maximum absolute atomic E-state index is 12.2. The molecule has 0 saturated carbocycles. The Morgan fingerprint density at radius 1 is 0.972 bits per heavy atom. The molecule has 186 valence electrons. The van der Waals surface area contributed by atoms with Crippen molar-refractivity contribution in [1.82, 2.24) is 0 Å². The number of methoxy groups -OCH3 is 2. The zero-order valence-corrected chi connectivity index (χ0v) is 22.1. The number of hydrogen-bond acceptors (Lipinski definition) is 6. The van der Waals surface area contributed by atoms with Crippen LogP contribution in [0.5, 0.6) is 5.75 Å². The summed E-state index contributed by atoms with van der Waals surface area (Å²) in [6.45, 7) is 2.65. The molecule has 1 unspecified atom stereocenters. The third kappa shape index (κ3) is 6.25. The van der Waals surface area contributed by atoms with Gasteiger partial charge in [0.1, 0.15) is 5.75 Å². The second-order valence-electron chi connectivity index (χ2n) is 8.44. The molecule has 0 fully saturated rings. The number of esters is 1. The molecule has 0 aliphatic heterocycles. The third-order valence-electron chi connectivity index (χ3n) is 6.01. The first-order chi connectivity index (χ1) is 17.5. The lowest BCUT2D eigenvalue weighted by atomic mass is 10.0. The molecule has 0 spiro atoms. The summed E-state index contributed by atoms with van der Waals surface area (Å²) in [5.74, 6) is 0.590. The van der Waals surface area contributed by atoms with E-state index in [0.29, 0.717) is 11.6 Å². The Kier molecular flexibility index (Phi) is 8.62. The number of hydrogen-bond donors (Lipinski definition) is 1. The van der Waals surface area contributed by atoms with Crippen molar-refractivity contribution in [3.05, 3.63) is 95.5 Å². The monoisotopic (exact) mass is 520 g/mol. The van der Waals surface area contributed by atoms with Gasteiger partial charge in [0.15, 0.2) is 0 Å². The number of ether oxygens (including phenoxy) is 2. The molecule has 0 heterocycles. The van der Waals surface area contributed by atoms with Crippen molar-refractivity contribution >= 4 is 51.7 Å². The Bertz CT molecular complexity index is 1330. The highest BCUT2D eigenvalue weighted by molar-refractivity contribution is 8.00. The van der Waals surface area contributed by atoms with E-state index in [1.807, 2.05) is 67.6 Å². The van der Waals surface area contributed by atoms with Crippen LogP contribution >= 0.6 is 23.5 Å². The molecule has 0 radical (unpaired) electrons. The molecule has 4 aromatic rings. The molecule has 0 amide bonds. The first-order valence-electron chi connectivity index (χ1n) is 11.6. The molecule has 0 saturated heterocycles. The van der Waals surface area contributed by atoms with E-state index in [1.54, 1.807) is 19.1 Å². The lowest BCUT2D eigenvalue weighted by Gasteiger charge is -2.32.